The lowest BCUT2D eigenvalue weighted by molar-refractivity contribution is -0.115. The predicted octanol–water partition coefficient (Wildman–Crippen LogP) is 4.72. The fraction of sp³-hybridized carbons (Fsp3) is 0.300. The fourth-order valence-corrected chi connectivity index (χ4v) is 4.29. The van der Waals surface area contributed by atoms with E-state index in [1.165, 1.54) is 6.07 Å². The Labute approximate surface area is 166 Å². The van der Waals surface area contributed by atoms with Gasteiger partial charge in [0.1, 0.15) is 5.82 Å². The molecule has 2 aromatic rings. The minimum atomic E-state index is -0.411. The second-order valence-electron chi connectivity index (χ2n) is 6.72. The van der Waals surface area contributed by atoms with Crippen LogP contribution >= 0.6 is 23.4 Å². The maximum atomic E-state index is 14.2. The van der Waals surface area contributed by atoms with Crippen molar-refractivity contribution in [2.45, 2.75) is 36.7 Å². The highest BCUT2D eigenvalue weighted by Gasteiger charge is 2.34. The molecule has 7 heteroatoms. The minimum Gasteiger partial charge on any atom is -0.331 e. The van der Waals surface area contributed by atoms with Crippen molar-refractivity contribution in [3.63, 3.8) is 0 Å². The average Bonchev–Trinajstić information content (AvgIpc) is 3.47. The van der Waals surface area contributed by atoms with E-state index in [-0.39, 0.29) is 24.4 Å². The molecule has 0 aromatic heterocycles. The summed E-state index contributed by atoms with van der Waals surface area (Å²) in [6.45, 7) is 0.132. The quantitative estimate of drug-likeness (QED) is 0.802. The molecule has 27 heavy (non-hydrogen) atoms. The van der Waals surface area contributed by atoms with Gasteiger partial charge in [-0.3, -0.25) is 9.59 Å². The number of anilines is 1. The highest BCUT2D eigenvalue weighted by atomic mass is 35.5. The highest BCUT2D eigenvalue weighted by molar-refractivity contribution is 7.99. The van der Waals surface area contributed by atoms with Gasteiger partial charge in [0.25, 0.3) is 5.91 Å². The van der Waals surface area contributed by atoms with Gasteiger partial charge in [0, 0.05) is 39.3 Å². The highest BCUT2D eigenvalue weighted by Crippen LogP contribution is 2.35. The molecule has 1 aliphatic carbocycles. The summed E-state index contributed by atoms with van der Waals surface area (Å²) in [5.41, 5.74) is 1.47. The van der Waals surface area contributed by atoms with Gasteiger partial charge in [-0.2, -0.15) is 0 Å². The van der Waals surface area contributed by atoms with Crippen molar-refractivity contribution in [3.05, 3.63) is 58.4 Å². The molecule has 1 saturated carbocycles. The maximum absolute atomic E-state index is 14.2. The number of rotatable bonds is 4. The summed E-state index contributed by atoms with van der Waals surface area (Å²) < 4.78 is 14.2. The third kappa shape index (κ3) is 3.96. The van der Waals surface area contributed by atoms with E-state index in [1.54, 1.807) is 40.9 Å². The van der Waals surface area contributed by atoms with Gasteiger partial charge in [-0.25, -0.2) is 4.39 Å². The van der Waals surface area contributed by atoms with Crippen molar-refractivity contribution in [2.24, 2.45) is 0 Å². The summed E-state index contributed by atoms with van der Waals surface area (Å²) in [6.07, 6.45) is 2.24. The summed E-state index contributed by atoms with van der Waals surface area (Å²) in [5.74, 6) is 0.0734. The van der Waals surface area contributed by atoms with Crippen LogP contribution in [-0.4, -0.2) is 28.5 Å². The number of amides is 2. The van der Waals surface area contributed by atoms with Gasteiger partial charge in [-0.15, -0.1) is 11.8 Å². The molecule has 0 bridgehead atoms. The summed E-state index contributed by atoms with van der Waals surface area (Å²) in [6, 6.07) is 9.97. The van der Waals surface area contributed by atoms with Crippen molar-refractivity contribution in [1.29, 1.82) is 0 Å². The standard InChI is InChI=1S/C20H18ClFN2O2S/c21-15-2-1-3-16(22)14(15)11-24(13-5-6-13)20(26)12-4-7-18-17(10-12)23-19(25)8-9-27-18/h1-4,7,10,13H,5-6,8-9,11H2,(H,23,25). The average molecular weight is 405 g/mol. The molecule has 2 amide bonds. The van der Waals surface area contributed by atoms with Crippen LogP contribution in [0, 0.1) is 5.82 Å². The Kier molecular flexibility index (Phi) is 5.10. The fourth-order valence-electron chi connectivity index (χ4n) is 3.13. The number of halogens is 2. The third-order valence-electron chi connectivity index (χ3n) is 4.73. The van der Waals surface area contributed by atoms with Gasteiger partial charge >= 0.3 is 0 Å². The van der Waals surface area contributed by atoms with E-state index in [0.717, 1.165) is 17.7 Å². The Bertz CT molecular complexity index is 897. The molecule has 4 nitrogen and oxygen atoms in total. The number of fused-ring (bicyclic) bond motifs is 1. The number of carbonyl (C=O) groups excluding carboxylic acids is 2. The van der Waals surface area contributed by atoms with E-state index in [1.807, 2.05) is 6.07 Å². The lowest BCUT2D eigenvalue weighted by Gasteiger charge is -2.24. The number of benzene rings is 2. The van der Waals surface area contributed by atoms with E-state index >= 15 is 0 Å². The molecule has 1 heterocycles. The van der Waals surface area contributed by atoms with E-state index in [2.05, 4.69) is 5.32 Å². The Morgan fingerprint density at radius 3 is 2.85 bits per heavy atom. The SMILES string of the molecule is O=C1CCSc2ccc(C(=O)N(Cc3c(F)cccc3Cl)C3CC3)cc2N1. The van der Waals surface area contributed by atoms with Crippen LogP contribution in [0.2, 0.25) is 5.02 Å². The molecule has 0 radical (unpaired) electrons. The first kappa shape index (κ1) is 18.3. The van der Waals surface area contributed by atoms with Gasteiger partial charge < -0.3 is 10.2 Å². The monoisotopic (exact) mass is 404 g/mol. The van der Waals surface area contributed by atoms with Gasteiger partial charge in [0.05, 0.1) is 12.2 Å². The lowest BCUT2D eigenvalue weighted by atomic mass is 10.1. The third-order valence-corrected chi connectivity index (χ3v) is 6.16. The van der Waals surface area contributed by atoms with Crippen LogP contribution in [0.4, 0.5) is 10.1 Å². The van der Waals surface area contributed by atoms with Crippen LogP contribution in [0.25, 0.3) is 0 Å². The molecule has 2 aromatic carbocycles. The van der Waals surface area contributed by atoms with Crippen LogP contribution in [0.1, 0.15) is 35.2 Å². The smallest absolute Gasteiger partial charge is 0.254 e. The number of nitrogens with one attached hydrogen (secondary N) is 1. The van der Waals surface area contributed by atoms with Crippen LogP contribution in [0.5, 0.6) is 0 Å². The molecular formula is C20H18ClFN2O2S. The molecule has 0 saturated heterocycles. The Hall–Kier alpha value is -2.05. The topological polar surface area (TPSA) is 49.4 Å². The molecular weight excluding hydrogens is 387 g/mol. The maximum Gasteiger partial charge on any atom is 0.254 e. The van der Waals surface area contributed by atoms with Gasteiger partial charge in [0.15, 0.2) is 0 Å². The molecule has 140 valence electrons. The van der Waals surface area contributed by atoms with Crippen molar-refractivity contribution < 1.29 is 14.0 Å². The van der Waals surface area contributed by atoms with E-state index in [9.17, 15) is 14.0 Å². The number of thioether (sulfide) groups is 1. The largest absolute Gasteiger partial charge is 0.331 e. The van der Waals surface area contributed by atoms with Crippen molar-refractivity contribution in [2.75, 3.05) is 11.1 Å². The number of hydrogen-bond donors (Lipinski definition) is 1. The zero-order valence-electron chi connectivity index (χ0n) is 14.5. The summed E-state index contributed by atoms with van der Waals surface area (Å²) in [7, 11) is 0. The first-order valence-electron chi connectivity index (χ1n) is 8.83. The van der Waals surface area contributed by atoms with Crippen LogP contribution in [0.3, 0.4) is 0 Å². The molecule has 1 fully saturated rings. The Morgan fingerprint density at radius 1 is 1.30 bits per heavy atom. The second-order valence-corrected chi connectivity index (χ2v) is 8.27. The molecule has 2 aliphatic rings. The van der Waals surface area contributed by atoms with Gasteiger partial charge in [-0.05, 0) is 43.2 Å². The molecule has 1 aliphatic heterocycles. The Balaban J connectivity index is 1.62. The van der Waals surface area contributed by atoms with Crippen LogP contribution < -0.4 is 5.32 Å². The minimum absolute atomic E-state index is 0.0527. The van der Waals surface area contributed by atoms with Gasteiger partial charge in [0.2, 0.25) is 5.91 Å². The number of hydrogen-bond acceptors (Lipinski definition) is 3. The molecule has 4 rings (SSSR count). The first-order chi connectivity index (χ1) is 13.0. The van der Waals surface area contributed by atoms with Gasteiger partial charge in [-0.1, -0.05) is 17.7 Å². The summed E-state index contributed by atoms with van der Waals surface area (Å²) in [5, 5.41) is 3.18. The lowest BCUT2D eigenvalue weighted by Crippen LogP contribution is -2.33. The summed E-state index contributed by atoms with van der Waals surface area (Å²) in [4.78, 5) is 27.6. The Morgan fingerprint density at radius 2 is 2.11 bits per heavy atom. The number of nitrogens with zero attached hydrogens (tertiary/aromatic N) is 1. The zero-order chi connectivity index (χ0) is 19.0. The molecule has 0 spiro atoms. The van der Waals surface area contributed by atoms with Crippen LogP contribution in [-0.2, 0) is 11.3 Å². The number of carbonyl (C=O) groups is 2. The van der Waals surface area contributed by atoms with Crippen molar-refractivity contribution in [1.82, 2.24) is 4.90 Å². The van der Waals surface area contributed by atoms with Crippen molar-refractivity contribution in [3.8, 4) is 0 Å². The zero-order valence-corrected chi connectivity index (χ0v) is 16.1. The van der Waals surface area contributed by atoms with E-state index < -0.39 is 5.82 Å². The molecule has 1 N–H and O–H groups in total. The van der Waals surface area contributed by atoms with E-state index in [0.29, 0.717) is 34.0 Å². The first-order valence-corrected chi connectivity index (χ1v) is 10.2. The van der Waals surface area contributed by atoms with Crippen molar-refractivity contribution >= 4 is 40.9 Å². The predicted molar refractivity (Wildman–Crippen MR) is 105 cm³/mol. The summed E-state index contributed by atoms with van der Waals surface area (Å²) >= 11 is 7.74. The van der Waals surface area contributed by atoms with Crippen LogP contribution in [0.15, 0.2) is 41.3 Å². The second kappa shape index (κ2) is 7.52. The normalized spacial score (nSPS) is 16.3. The molecule has 0 atom stereocenters. The van der Waals surface area contributed by atoms with E-state index in [4.69, 9.17) is 11.6 Å². The molecule has 0 unspecified atom stereocenters.